The van der Waals surface area contributed by atoms with E-state index >= 15 is 0 Å². The summed E-state index contributed by atoms with van der Waals surface area (Å²) in [6.07, 6.45) is 11.2. The number of nitrogens with one attached hydrogen (secondary N) is 3. The molecule has 2 aliphatic rings. The van der Waals surface area contributed by atoms with Gasteiger partial charge in [-0.15, -0.1) is 11.8 Å². The van der Waals surface area contributed by atoms with E-state index in [-0.39, 0.29) is 0 Å². The Kier molecular flexibility index (Phi) is 4.89. The predicted molar refractivity (Wildman–Crippen MR) is 115 cm³/mol. The molecule has 0 atom stereocenters. The van der Waals surface area contributed by atoms with Gasteiger partial charge in [0.05, 0.1) is 11.9 Å². The van der Waals surface area contributed by atoms with E-state index < -0.39 is 0 Å². The van der Waals surface area contributed by atoms with Crippen molar-refractivity contribution in [2.75, 3.05) is 5.32 Å². The summed E-state index contributed by atoms with van der Waals surface area (Å²) >= 11 is 1.99. The lowest BCUT2D eigenvalue weighted by Crippen LogP contribution is -2.06. The number of nitrogens with zero attached hydrogens (tertiary/aromatic N) is 2. The maximum absolute atomic E-state index is 4.75. The highest BCUT2D eigenvalue weighted by molar-refractivity contribution is 8.00. The van der Waals surface area contributed by atoms with Crippen LogP contribution >= 0.6 is 11.8 Å². The summed E-state index contributed by atoms with van der Waals surface area (Å²) < 4.78 is 0. The average Bonchev–Trinajstić information content (AvgIpc) is 3.22. The van der Waals surface area contributed by atoms with Gasteiger partial charge in [-0.25, -0.2) is 4.98 Å². The highest BCUT2D eigenvalue weighted by atomic mass is 32.2. The minimum absolute atomic E-state index is 0.603. The first kappa shape index (κ1) is 17.9. The largest absolute Gasteiger partial charge is 0.342 e. The first-order chi connectivity index (χ1) is 13.7. The van der Waals surface area contributed by atoms with Gasteiger partial charge in [0.25, 0.3) is 0 Å². The van der Waals surface area contributed by atoms with Crippen LogP contribution in [-0.4, -0.2) is 25.4 Å². The molecule has 0 unspecified atom stereocenters. The molecule has 0 bridgehead atoms. The predicted octanol–water partition coefficient (Wildman–Crippen LogP) is 6.15. The summed E-state index contributed by atoms with van der Waals surface area (Å²) in [6.45, 7) is 2.01. The van der Waals surface area contributed by atoms with Crippen LogP contribution < -0.4 is 5.32 Å². The van der Waals surface area contributed by atoms with Crippen molar-refractivity contribution >= 4 is 23.3 Å². The highest BCUT2D eigenvalue weighted by Crippen LogP contribution is 2.44. The van der Waals surface area contributed by atoms with Crippen molar-refractivity contribution in [3.63, 3.8) is 0 Å². The van der Waals surface area contributed by atoms with Crippen LogP contribution in [0.4, 0.5) is 11.5 Å². The fourth-order valence-corrected chi connectivity index (χ4v) is 5.20. The SMILES string of the molecule is Cc1cc(Nc2ccc(-c3cnc(C4CCCCC4)[nH]3)c(SC3CC3)c2)n[nH]1. The molecule has 2 saturated carbocycles. The molecular formula is C22H27N5S. The minimum Gasteiger partial charge on any atom is -0.342 e. The smallest absolute Gasteiger partial charge is 0.152 e. The Balaban J connectivity index is 1.42. The number of aryl methyl sites for hydroxylation is 1. The van der Waals surface area contributed by atoms with Crippen molar-refractivity contribution in [1.29, 1.82) is 0 Å². The van der Waals surface area contributed by atoms with Crippen molar-refractivity contribution in [2.45, 2.75) is 67.9 Å². The summed E-state index contributed by atoms with van der Waals surface area (Å²) in [4.78, 5) is 9.71. The summed E-state index contributed by atoms with van der Waals surface area (Å²) in [5.41, 5.74) is 4.53. The number of aromatic amines is 2. The van der Waals surface area contributed by atoms with E-state index in [0.29, 0.717) is 5.92 Å². The third-order valence-electron chi connectivity index (χ3n) is 5.66. The zero-order valence-electron chi connectivity index (χ0n) is 16.3. The van der Waals surface area contributed by atoms with E-state index in [1.807, 2.05) is 30.9 Å². The van der Waals surface area contributed by atoms with Gasteiger partial charge in [-0.05, 0) is 50.8 Å². The van der Waals surface area contributed by atoms with Gasteiger partial charge in [0, 0.05) is 39.1 Å². The zero-order chi connectivity index (χ0) is 18.9. The van der Waals surface area contributed by atoms with E-state index in [1.54, 1.807) is 0 Å². The number of imidazole rings is 1. The summed E-state index contributed by atoms with van der Waals surface area (Å²) in [5.74, 6) is 2.63. The van der Waals surface area contributed by atoms with Crippen LogP contribution in [0, 0.1) is 6.92 Å². The van der Waals surface area contributed by atoms with Crippen LogP contribution in [0.15, 0.2) is 35.4 Å². The van der Waals surface area contributed by atoms with Gasteiger partial charge in [0.15, 0.2) is 5.82 Å². The van der Waals surface area contributed by atoms with Gasteiger partial charge >= 0.3 is 0 Å². The van der Waals surface area contributed by atoms with Gasteiger partial charge in [0.1, 0.15) is 5.82 Å². The molecule has 0 aliphatic heterocycles. The number of rotatable bonds is 6. The van der Waals surface area contributed by atoms with Crippen LogP contribution in [0.5, 0.6) is 0 Å². The molecule has 0 amide bonds. The number of anilines is 2. The van der Waals surface area contributed by atoms with E-state index in [4.69, 9.17) is 4.98 Å². The Hall–Kier alpha value is -2.21. The number of hydrogen-bond donors (Lipinski definition) is 3. The summed E-state index contributed by atoms with van der Waals surface area (Å²) in [6, 6.07) is 8.62. The van der Waals surface area contributed by atoms with Crippen molar-refractivity contribution in [1.82, 2.24) is 20.2 Å². The Morgan fingerprint density at radius 2 is 1.93 bits per heavy atom. The van der Waals surface area contributed by atoms with E-state index in [9.17, 15) is 0 Å². The van der Waals surface area contributed by atoms with Crippen molar-refractivity contribution in [2.24, 2.45) is 0 Å². The molecule has 3 N–H and O–H groups in total. The molecule has 2 heterocycles. The van der Waals surface area contributed by atoms with Crippen LogP contribution in [0.25, 0.3) is 11.3 Å². The Morgan fingerprint density at radius 3 is 2.68 bits per heavy atom. The van der Waals surface area contributed by atoms with Crippen molar-refractivity contribution in [3.8, 4) is 11.3 Å². The average molecular weight is 394 g/mol. The maximum Gasteiger partial charge on any atom is 0.152 e. The topological polar surface area (TPSA) is 69.4 Å². The van der Waals surface area contributed by atoms with Crippen LogP contribution in [0.1, 0.15) is 62.4 Å². The van der Waals surface area contributed by atoms with E-state index in [0.717, 1.165) is 28.1 Å². The Bertz CT molecular complexity index is 950. The molecule has 2 fully saturated rings. The van der Waals surface area contributed by atoms with Crippen LogP contribution in [0.3, 0.4) is 0 Å². The Labute approximate surface area is 170 Å². The molecule has 2 aromatic heterocycles. The van der Waals surface area contributed by atoms with Gasteiger partial charge < -0.3 is 10.3 Å². The van der Waals surface area contributed by atoms with Gasteiger partial charge in [-0.3, -0.25) is 5.10 Å². The van der Waals surface area contributed by atoms with Crippen LogP contribution in [0.2, 0.25) is 0 Å². The molecule has 6 heteroatoms. The van der Waals surface area contributed by atoms with Gasteiger partial charge in [-0.2, -0.15) is 5.10 Å². The third kappa shape index (κ3) is 3.97. The molecule has 146 valence electrons. The molecule has 1 aromatic carbocycles. The van der Waals surface area contributed by atoms with Gasteiger partial charge in [0.2, 0.25) is 0 Å². The fourth-order valence-electron chi connectivity index (χ4n) is 3.97. The minimum atomic E-state index is 0.603. The monoisotopic (exact) mass is 393 g/mol. The molecule has 0 spiro atoms. The van der Waals surface area contributed by atoms with Crippen molar-refractivity contribution < 1.29 is 0 Å². The second kappa shape index (κ2) is 7.66. The Morgan fingerprint density at radius 1 is 1.07 bits per heavy atom. The molecule has 2 aliphatic carbocycles. The van der Waals surface area contributed by atoms with E-state index in [2.05, 4.69) is 38.7 Å². The quantitative estimate of drug-likeness (QED) is 0.469. The lowest BCUT2D eigenvalue weighted by atomic mass is 9.89. The first-order valence-electron chi connectivity index (χ1n) is 10.4. The third-order valence-corrected chi connectivity index (χ3v) is 7.05. The number of thioether (sulfide) groups is 1. The molecule has 0 radical (unpaired) electrons. The number of H-pyrrole nitrogens is 2. The summed E-state index contributed by atoms with van der Waals surface area (Å²) in [7, 11) is 0. The molecule has 28 heavy (non-hydrogen) atoms. The second-order valence-corrected chi connectivity index (χ2v) is 9.45. The van der Waals surface area contributed by atoms with E-state index in [1.165, 1.54) is 61.2 Å². The summed E-state index contributed by atoms with van der Waals surface area (Å²) in [5, 5.41) is 11.4. The standard InChI is InChI=1S/C22H27N5S/c1-14-11-21(27-26-14)24-16-7-10-18(20(12-16)28-17-8-9-17)19-13-23-22(25-19)15-5-3-2-4-6-15/h7,10-13,15,17H,2-6,8-9H2,1H3,(H,23,25)(H2,24,26,27). The number of benzene rings is 1. The molecule has 5 nitrogen and oxygen atoms in total. The fraction of sp³-hybridized carbons (Fsp3) is 0.455. The first-order valence-corrected chi connectivity index (χ1v) is 11.3. The highest BCUT2D eigenvalue weighted by Gasteiger charge is 2.25. The second-order valence-electron chi connectivity index (χ2n) is 8.11. The lowest BCUT2D eigenvalue weighted by Gasteiger charge is -2.19. The normalized spacial score (nSPS) is 17.8. The zero-order valence-corrected chi connectivity index (χ0v) is 17.1. The lowest BCUT2D eigenvalue weighted by molar-refractivity contribution is 0.431. The molecule has 0 saturated heterocycles. The van der Waals surface area contributed by atoms with Crippen molar-refractivity contribution in [3.05, 3.63) is 42.0 Å². The molecule has 3 aromatic rings. The van der Waals surface area contributed by atoms with Crippen LogP contribution in [-0.2, 0) is 0 Å². The molecule has 5 rings (SSSR count). The maximum atomic E-state index is 4.75. The number of hydrogen-bond acceptors (Lipinski definition) is 4. The molecular weight excluding hydrogens is 366 g/mol. The number of aromatic nitrogens is 4. The van der Waals surface area contributed by atoms with Gasteiger partial charge in [-0.1, -0.05) is 19.3 Å².